The number of piperazine rings is 1. The summed E-state index contributed by atoms with van der Waals surface area (Å²) in [5.74, 6) is 0. The highest BCUT2D eigenvalue weighted by Gasteiger charge is 2.31. The zero-order chi connectivity index (χ0) is 19.5. The summed E-state index contributed by atoms with van der Waals surface area (Å²) >= 11 is 1.94. The van der Waals surface area contributed by atoms with E-state index in [2.05, 4.69) is 88.0 Å². The van der Waals surface area contributed by atoms with E-state index in [4.69, 9.17) is 0 Å². The van der Waals surface area contributed by atoms with Crippen molar-refractivity contribution in [3.05, 3.63) is 99.3 Å². The molecule has 0 amide bonds. The molecule has 0 N–H and O–H groups in total. The average Bonchev–Trinajstić information content (AvgIpc) is 3.17. The van der Waals surface area contributed by atoms with Crippen LogP contribution in [0.2, 0.25) is 0 Å². The van der Waals surface area contributed by atoms with Gasteiger partial charge in [-0.05, 0) is 46.5 Å². The first-order chi connectivity index (χ1) is 14.4. The second kappa shape index (κ2) is 8.66. The fraction of sp³-hybridized carbons (Fsp3) is 0.308. The lowest BCUT2D eigenvalue weighted by molar-refractivity contribution is 0.118. The Morgan fingerprint density at radius 1 is 0.828 bits per heavy atom. The lowest BCUT2D eigenvalue weighted by atomic mass is 9.95. The van der Waals surface area contributed by atoms with Gasteiger partial charge in [0, 0.05) is 37.6 Å². The Balaban J connectivity index is 1.28. The zero-order valence-electron chi connectivity index (χ0n) is 16.8. The number of nitrogens with zero attached hydrogens (tertiary/aromatic N) is 2. The molecular formula is C26H28N2S. The molecule has 2 heterocycles. The number of fused-ring (bicyclic) bond motifs is 2. The summed E-state index contributed by atoms with van der Waals surface area (Å²) in [5, 5.41) is 2.29. The Morgan fingerprint density at radius 3 is 2.48 bits per heavy atom. The molecule has 2 aromatic carbocycles. The van der Waals surface area contributed by atoms with Gasteiger partial charge in [-0.3, -0.25) is 9.80 Å². The van der Waals surface area contributed by atoms with Crippen LogP contribution in [0.5, 0.6) is 0 Å². The van der Waals surface area contributed by atoms with E-state index >= 15 is 0 Å². The molecule has 0 saturated carbocycles. The molecule has 3 heteroatoms. The van der Waals surface area contributed by atoms with E-state index in [1.165, 1.54) is 29.5 Å². The van der Waals surface area contributed by atoms with E-state index in [1.54, 1.807) is 10.4 Å². The van der Waals surface area contributed by atoms with Gasteiger partial charge in [-0.25, -0.2) is 0 Å². The van der Waals surface area contributed by atoms with Gasteiger partial charge < -0.3 is 0 Å². The second-order valence-corrected chi connectivity index (χ2v) is 9.05. The van der Waals surface area contributed by atoms with Crippen LogP contribution >= 0.6 is 11.3 Å². The predicted molar refractivity (Wildman–Crippen MR) is 124 cm³/mol. The largest absolute Gasteiger partial charge is 0.297 e. The van der Waals surface area contributed by atoms with Crippen molar-refractivity contribution < 1.29 is 0 Å². The quantitative estimate of drug-likeness (QED) is 0.589. The molecule has 1 fully saturated rings. The lowest BCUT2D eigenvalue weighted by Crippen LogP contribution is -2.47. The van der Waals surface area contributed by atoms with Gasteiger partial charge in [0.25, 0.3) is 0 Å². The molecule has 3 aromatic rings. The van der Waals surface area contributed by atoms with Crippen molar-refractivity contribution in [2.24, 2.45) is 0 Å². The lowest BCUT2D eigenvalue weighted by Gasteiger charge is -2.39. The second-order valence-electron chi connectivity index (χ2n) is 8.05. The van der Waals surface area contributed by atoms with Crippen LogP contribution in [0, 0.1) is 0 Å². The molecule has 0 spiro atoms. The van der Waals surface area contributed by atoms with E-state index in [1.807, 2.05) is 11.3 Å². The van der Waals surface area contributed by atoms with Gasteiger partial charge in [0.2, 0.25) is 0 Å². The van der Waals surface area contributed by atoms with Crippen LogP contribution < -0.4 is 0 Å². The summed E-state index contributed by atoms with van der Waals surface area (Å²) in [7, 11) is 0. The minimum atomic E-state index is 0.428. The Morgan fingerprint density at radius 2 is 1.62 bits per heavy atom. The zero-order valence-corrected chi connectivity index (χ0v) is 17.7. The van der Waals surface area contributed by atoms with Crippen LogP contribution in [0.3, 0.4) is 0 Å². The molecule has 2 aliphatic rings. The highest BCUT2D eigenvalue weighted by Crippen LogP contribution is 2.39. The smallest absolute Gasteiger partial charge is 0.0616 e. The van der Waals surface area contributed by atoms with E-state index < -0.39 is 0 Å². The van der Waals surface area contributed by atoms with Gasteiger partial charge in [-0.2, -0.15) is 0 Å². The van der Waals surface area contributed by atoms with Gasteiger partial charge in [0.15, 0.2) is 0 Å². The molecule has 1 unspecified atom stereocenters. The number of thiophene rings is 1. The van der Waals surface area contributed by atoms with Crippen molar-refractivity contribution in [1.29, 1.82) is 0 Å². The highest BCUT2D eigenvalue weighted by molar-refractivity contribution is 7.10. The van der Waals surface area contributed by atoms with Gasteiger partial charge in [-0.1, -0.05) is 66.7 Å². The third kappa shape index (κ3) is 4.09. The highest BCUT2D eigenvalue weighted by atomic mass is 32.1. The van der Waals surface area contributed by atoms with Crippen molar-refractivity contribution in [3.63, 3.8) is 0 Å². The molecule has 1 saturated heterocycles. The monoisotopic (exact) mass is 400 g/mol. The summed E-state index contributed by atoms with van der Waals surface area (Å²) < 4.78 is 0. The maximum absolute atomic E-state index is 2.72. The van der Waals surface area contributed by atoms with Crippen LogP contribution in [-0.4, -0.2) is 42.5 Å². The van der Waals surface area contributed by atoms with Crippen LogP contribution in [0.1, 0.15) is 33.2 Å². The van der Waals surface area contributed by atoms with Gasteiger partial charge in [0.05, 0.1) is 6.04 Å². The van der Waals surface area contributed by atoms with Crippen molar-refractivity contribution in [1.82, 2.24) is 9.80 Å². The van der Waals surface area contributed by atoms with Gasteiger partial charge in [-0.15, -0.1) is 11.3 Å². The van der Waals surface area contributed by atoms with E-state index in [-0.39, 0.29) is 0 Å². The van der Waals surface area contributed by atoms with E-state index in [9.17, 15) is 0 Å². The van der Waals surface area contributed by atoms with Crippen LogP contribution in [0.15, 0.2) is 72.1 Å². The molecule has 2 nitrogen and oxygen atoms in total. The molecule has 5 rings (SSSR count). The van der Waals surface area contributed by atoms with Gasteiger partial charge >= 0.3 is 0 Å². The Bertz CT molecular complexity index is 967. The number of aryl methyl sites for hydroxylation is 2. The summed E-state index contributed by atoms with van der Waals surface area (Å²) in [4.78, 5) is 6.87. The molecule has 0 bridgehead atoms. The first-order valence-corrected chi connectivity index (χ1v) is 11.6. The minimum absolute atomic E-state index is 0.428. The fourth-order valence-electron chi connectivity index (χ4n) is 4.74. The summed E-state index contributed by atoms with van der Waals surface area (Å²) in [6, 6.07) is 22.5. The molecule has 1 aliphatic heterocycles. The molecule has 1 aromatic heterocycles. The van der Waals surface area contributed by atoms with Crippen molar-refractivity contribution in [2.45, 2.75) is 18.9 Å². The molecule has 0 radical (unpaired) electrons. The number of hydrogen-bond donors (Lipinski definition) is 0. The van der Waals surface area contributed by atoms with E-state index in [0.717, 1.165) is 32.7 Å². The topological polar surface area (TPSA) is 6.48 Å². The average molecular weight is 401 g/mol. The predicted octanol–water partition coefficient (Wildman–Crippen LogP) is 5.27. The van der Waals surface area contributed by atoms with Crippen molar-refractivity contribution >= 4 is 17.4 Å². The van der Waals surface area contributed by atoms with Crippen LogP contribution in [0.4, 0.5) is 0 Å². The first-order valence-electron chi connectivity index (χ1n) is 10.7. The first kappa shape index (κ1) is 18.8. The van der Waals surface area contributed by atoms with Gasteiger partial charge in [0.1, 0.15) is 0 Å². The molecule has 148 valence electrons. The standard InChI is InChI=1S/C26H28N2S/c1-2-7-21(8-3-1)9-6-15-27-16-18-28(19-17-27)26-23-11-5-4-10-22(23)12-13-25-24(26)14-20-29-25/h1-11,14,20,26H,12-13,15-19H2/b9-6+. The maximum atomic E-state index is 2.72. The Kier molecular flexibility index (Phi) is 5.62. The summed E-state index contributed by atoms with van der Waals surface area (Å²) in [6.45, 7) is 5.57. The van der Waals surface area contributed by atoms with Crippen molar-refractivity contribution in [3.8, 4) is 0 Å². The number of rotatable bonds is 4. The Hall–Kier alpha value is -2.20. The molecule has 29 heavy (non-hydrogen) atoms. The number of benzene rings is 2. The normalized spacial score (nSPS) is 20.3. The van der Waals surface area contributed by atoms with E-state index in [0.29, 0.717) is 6.04 Å². The Labute approximate surface area is 178 Å². The third-order valence-corrected chi connectivity index (χ3v) is 7.29. The SMILES string of the molecule is C(=C\c1ccccc1)/CN1CCN(C2c3ccccc3CCc3sccc32)CC1. The van der Waals surface area contributed by atoms with Crippen LogP contribution in [0.25, 0.3) is 6.08 Å². The minimum Gasteiger partial charge on any atom is -0.297 e. The third-order valence-electron chi connectivity index (χ3n) is 6.29. The summed E-state index contributed by atoms with van der Waals surface area (Å²) in [5.41, 5.74) is 5.90. The van der Waals surface area contributed by atoms with Crippen LogP contribution in [-0.2, 0) is 12.8 Å². The molecular weight excluding hydrogens is 372 g/mol. The molecule has 1 atom stereocenters. The maximum Gasteiger partial charge on any atom is 0.0616 e. The molecule has 1 aliphatic carbocycles. The summed E-state index contributed by atoms with van der Waals surface area (Å²) in [6.07, 6.45) is 6.91. The fourth-order valence-corrected chi connectivity index (χ4v) is 5.66. The number of hydrogen-bond acceptors (Lipinski definition) is 3. The van der Waals surface area contributed by atoms with Crippen molar-refractivity contribution in [2.75, 3.05) is 32.7 Å².